The lowest BCUT2D eigenvalue weighted by atomic mass is 9.94. The Hall–Kier alpha value is -1.61. The fourth-order valence-electron chi connectivity index (χ4n) is 3.97. The Bertz CT molecular complexity index is 572. The van der Waals surface area contributed by atoms with E-state index >= 15 is 0 Å². The van der Waals surface area contributed by atoms with Gasteiger partial charge in [-0.2, -0.15) is 5.26 Å². The first-order valence-corrected chi connectivity index (χ1v) is 8.80. The lowest BCUT2D eigenvalue weighted by Gasteiger charge is -2.40. The second-order valence-electron chi connectivity index (χ2n) is 6.50. The molecule has 24 heavy (non-hydrogen) atoms. The van der Waals surface area contributed by atoms with Crippen molar-refractivity contribution < 1.29 is 14.2 Å². The van der Waals surface area contributed by atoms with Crippen molar-refractivity contribution in [3.05, 3.63) is 29.8 Å². The monoisotopic (exact) mass is 330 g/mol. The van der Waals surface area contributed by atoms with Gasteiger partial charge in [0.2, 0.25) is 0 Å². The summed E-state index contributed by atoms with van der Waals surface area (Å²) in [7, 11) is 1.82. The maximum absolute atomic E-state index is 9.14. The van der Waals surface area contributed by atoms with Crippen LogP contribution in [-0.4, -0.2) is 57.1 Å². The van der Waals surface area contributed by atoms with Gasteiger partial charge in [0, 0.05) is 32.2 Å². The summed E-state index contributed by atoms with van der Waals surface area (Å²) >= 11 is 0. The number of para-hydroxylation sites is 1. The van der Waals surface area contributed by atoms with Crippen molar-refractivity contribution in [1.82, 2.24) is 4.90 Å². The van der Waals surface area contributed by atoms with Crippen molar-refractivity contribution in [1.29, 1.82) is 5.26 Å². The Morgan fingerprint density at radius 1 is 1.33 bits per heavy atom. The molecule has 2 fully saturated rings. The van der Waals surface area contributed by atoms with Crippen LogP contribution in [0.3, 0.4) is 0 Å². The molecule has 1 aliphatic carbocycles. The van der Waals surface area contributed by atoms with Crippen LogP contribution >= 0.6 is 0 Å². The zero-order chi connectivity index (χ0) is 16.8. The number of benzene rings is 1. The number of hydrogen-bond donors (Lipinski definition) is 0. The van der Waals surface area contributed by atoms with Crippen LogP contribution < -0.4 is 4.74 Å². The van der Waals surface area contributed by atoms with Crippen molar-refractivity contribution in [3.8, 4) is 11.8 Å². The first-order valence-electron chi connectivity index (χ1n) is 8.80. The van der Waals surface area contributed by atoms with Gasteiger partial charge in [0.05, 0.1) is 24.9 Å². The number of morpholine rings is 1. The number of rotatable bonds is 6. The number of nitriles is 1. The number of ether oxygens (including phenoxy) is 3. The van der Waals surface area contributed by atoms with Crippen molar-refractivity contribution in [2.24, 2.45) is 5.92 Å². The summed E-state index contributed by atoms with van der Waals surface area (Å²) in [6.07, 6.45) is 3.94. The third-order valence-electron chi connectivity index (χ3n) is 5.22. The third-order valence-corrected chi connectivity index (χ3v) is 5.22. The largest absolute Gasteiger partial charge is 0.491 e. The molecule has 3 unspecified atom stereocenters. The molecule has 0 amide bonds. The molecule has 1 aliphatic heterocycles. The fourth-order valence-corrected chi connectivity index (χ4v) is 3.97. The van der Waals surface area contributed by atoms with Gasteiger partial charge in [-0.15, -0.1) is 0 Å². The SMILES string of the molecule is COC1CCCC1C1COCCN1CCOc1ccccc1C#N. The van der Waals surface area contributed by atoms with E-state index in [1.165, 1.54) is 12.8 Å². The third kappa shape index (κ3) is 3.89. The number of nitrogens with zero attached hydrogens (tertiary/aromatic N) is 2. The van der Waals surface area contributed by atoms with Crippen molar-refractivity contribution in [2.45, 2.75) is 31.4 Å². The molecule has 1 saturated carbocycles. The van der Waals surface area contributed by atoms with Gasteiger partial charge < -0.3 is 14.2 Å². The predicted octanol–water partition coefficient (Wildman–Crippen LogP) is 2.45. The molecule has 0 aromatic heterocycles. The van der Waals surface area contributed by atoms with E-state index in [1.54, 1.807) is 6.07 Å². The molecule has 0 spiro atoms. The first-order chi connectivity index (χ1) is 11.8. The molecule has 1 heterocycles. The van der Waals surface area contributed by atoms with Crippen LogP contribution in [0.25, 0.3) is 0 Å². The minimum Gasteiger partial charge on any atom is -0.491 e. The smallest absolute Gasteiger partial charge is 0.137 e. The molecule has 130 valence electrons. The fraction of sp³-hybridized carbons (Fsp3) is 0.632. The molecule has 1 saturated heterocycles. The molecule has 0 radical (unpaired) electrons. The van der Waals surface area contributed by atoms with E-state index in [0.717, 1.165) is 32.7 Å². The van der Waals surface area contributed by atoms with Gasteiger partial charge in [-0.1, -0.05) is 18.6 Å². The van der Waals surface area contributed by atoms with Crippen molar-refractivity contribution in [3.63, 3.8) is 0 Å². The van der Waals surface area contributed by atoms with Crippen molar-refractivity contribution >= 4 is 0 Å². The Kier molecular flexibility index (Phi) is 6.08. The average Bonchev–Trinajstić information content (AvgIpc) is 3.11. The summed E-state index contributed by atoms with van der Waals surface area (Å²) in [5.74, 6) is 1.21. The molecule has 0 N–H and O–H groups in total. The summed E-state index contributed by atoms with van der Waals surface area (Å²) in [4.78, 5) is 2.47. The van der Waals surface area contributed by atoms with E-state index in [1.807, 2.05) is 25.3 Å². The molecule has 2 aliphatic rings. The van der Waals surface area contributed by atoms with Crippen LogP contribution in [0.4, 0.5) is 0 Å². The highest BCUT2D eigenvalue weighted by molar-refractivity contribution is 5.42. The molecule has 5 heteroatoms. The molecule has 1 aromatic rings. The van der Waals surface area contributed by atoms with Gasteiger partial charge in [-0.3, -0.25) is 4.90 Å². The maximum atomic E-state index is 9.14. The Labute approximate surface area is 144 Å². The second kappa shape index (κ2) is 8.48. The molecular weight excluding hydrogens is 304 g/mol. The lowest BCUT2D eigenvalue weighted by Crippen LogP contribution is -2.52. The Morgan fingerprint density at radius 3 is 3.04 bits per heavy atom. The van der Waals surface area contributed by atoms with E-state index in [9.17, 15) is 0 Å². The highest BCUT2D eigenvalue weighted by Gasteiger charge is 2.38. The van der Waals surface area contributed by atoms with Gasteiger partial charge in [-0.05, 0) is 25.0 Å². The molecular formula is C19H26N2O3. The standard InChI is InChI=1S/C19H26N2O3/c1-22-19-8-4-6-16(19)17-14-23-11-9-21(17)10-12-24-18-7-3-2-5-15(18)13-20/h2-3,5,7,16-17,19H,4,6,8-12,14H2,1H3. The topological polar surface area (TPSA) is 54.7 Å². The van der Waals surface area contributed by atoms with Gasteiger partial charge in [0.1, 0.15) is 18.4 Å². The average molecular weight is 330 g/mol. The Morgan fingerprint density at radius 2 is 2.21 bits per heavy atom. The van der Waals surface area contributed by atoms with Crippen LogP contribution in [0.15, 0.2) is 24.3 Å². The highest BCUT2D eigenvalue weighted by atomic mass is 16.5. The summed E-state index contributed by atoms with van der Waals surface area (Å²) in [6.45, 7) is 3.91. The van der Waals surface area contributed by atoms with Crippen LogP contribution in [-0.2, 0) is 9.47 Å². The van der Waals surface area contributed by atoms with Gasteiger partial charge in [-0.25, -0.2) is 0 Å². The van der Waals surface area contributed by atoms with E-state index in [-0.39, 0.29) is 0 Å². The van der Waals surface area contributed by atoms with E-state index < -0.39 is 0 Å². The van der Waals surface area contributed by atoms with Gasteiger partial charge in [0.15, 0.2) is 0 Å². The number of methoxy groups -OCH3 is 1. The molecule has 0 bridgehead atoms. The molecule has 3 atom stereocenters. The quantitative estimate of drug-likeness (QED) is 0.802. The van der Waals surface area contributed by atoms with E-state index in [2.05, 4.69) is 11.0 Å². The molecule has 1 aromatic carbocycles. The molecule has 3 rings (SSSR count). The van der Waals surface area contributed by atoms with Crippen LogP contribution in [0.2, 0.25) is 0 Å². The summed E-state index contributed by atoms with van der Waals surface area (Å²) in [5, 5.41) is 9.14. The Balaban J connectivity index is 1.57. The maximum Gasteiger partial charge on any atom is 0.137 e. The minimum atomic E-state index is 0.347. The van der Waals surface area contributed by atoms with Crippen LogP contribution in [0, 0.1) is 17.2 Å². The first kappa shape index (κ1) is 17.2. The van der Waals surface area contributed by atoms with E-state index in [0.29, 0.717) is 36.0 Å². The van der Waals surface area contributed by atoms with E-state index in [4.69, 9.17) is 19.5 Å². The normalized spacial score (nSPS) is 27.8. The zero-order valence-corrected chi connectivity index (χ0v) is 14.3. The minimum absolute atomic E-state index is 0.347. The summed E-state index contributed by atoms with van der Waals surface area (Å²) in [5.41, 5.74) is 0.589. The number of hydrogen-bond acceptors (Lipinski definition) is 5. The highest BCUT2D eigenvalue weighted by Crippen LogP contribution is 2.33. The van der Waals surface area contributed by atoms with Crippen LogP contribution in [0.1, 0.15) is 24.8 Å². The van der Waals surface area contributed by atoms with Crippen molar-refractivity contribution in [2.75, 3.05) is 40.0 Å². The predicted molar refractivity (Wildman–Crippen MR) is 91.0 cm³/mol. The summed E-state index contributed by atoms with van der Waals surface area (Å²) in [6, 6.07) is 9.97. The van der Waals surface area contributed by atoms with Gasteiger partial charge in [0.25, 0.3) is 0 Å². The second-order valence-corrected chi connectivity index (χ2v) is 6.50. The molecule has 5 nitrogen and oxygen atoms in total. The lowest BCUT2D eigenvalue weighted by molar-refractivity contribution is -0.0602. The van der Waals surface area contributed by atoms with Gasteiger partial charge >= 0.3 is 0 Å². The zero-order valence-electron chi connectivity index (χ0n) is 14.3. The summed E-state index contributed by atoms with van der Waals surface area (Å²) < 4.78 is 17.3. The van der Waals surface area contributed by atoms with Crippen LogP contribution in [0.5, 0.6) is 5.75 Å².